The van der Waals surface area contributed by atoms with Crippen LogP contribution in [0.3, 0.4) is 0 Å². The molecule has 9 unspecified atom stereocenters. The van der Waals surface area contributed by atoms with Gasteiger partial charge in [0.15, 0.2) is 6.29 Å². The van der Waals surface area contributed by atoms with Crippen LogP contribution in [0.25, 0.3) is 0 Å². The molecule has 1 fully saturated rings. The molecular weight excluding hydrogens is 328 g/mol. The minimum atomic E-state index is -1.80. The highest BCUT2D eigenvalue weighted by molar-refractivity contribution is 4.98. The molecule has 142 valence electrons. The highest BCUT2D eigenvalue weighted by Crippen LogP contribution is 2.29. The standard InChI is InChI=1S/C14H26O10/c1-2-6-10(20)9(5-17)23-14(11(6)21)24-13(8(19)4-16)12(22)7(18)3-15/h2,6-22H,1,3-5H2. The molecule has 0 aromatic heterocycles. The Bertz CT molecular complexity index is 381. The average molecular weight is 354 g/mol. The van der Waals surface area contributed by atoms with Gasteiger partial charge >= 0.3 is 0 Å². The first-order valence-electron chi connectivity index (χ1n) is 7.48. The molecule has 24 heavy (non-hydrogen) atoms. The zero-order chi connectivity index (χ0) is 18.4. The predicted molar refractivity (Wildman–Crippen MR) is 78.5 cm³/mol. The molecule has 10 heteroatoms. The van der Waals surface area contributed by atoms with Gasteiger partial charge in [0.2, 0.25) is 0 Å². The maximum Gasteiger partial charge on any atom is 0.185 e. The Morgan fingerprint density at radius 1 is 1.00 bits per heavy atom. The van der Waals surface area contributed by atoms with Crippen molar-refractivity contribution in [3.8, 4) is 0 Å². The van der Waals surface area contributed by atoms with E-state index in [2.05, 4.69) is 6.58 Å². The largest absolute Gasteiger partial charge is 0.394 e. The lowest BCUT2D eigenvalue weighted by Crippen LogP contribution is -2.59. The Kier molecular flexibility index (Phi) is 8.67. The number of aliphatic hydroxyl groups excluding tert-OH is 8. The summed E-state index contributed by atoms with van der Waals surface area (Å²) >= 11 is 0. The van der Waals surface area contributed by atoms with Crippen molar-refractivity contribution in [3.63, 3.8) is 0 Å². The van der Waals surface area contributed by atoms with Crippen molar-refractivity contribution in [2.45, 2.75) is 49.0 Å². The highest BCUT2D eigenvalue weighted by Gasteiger charge is 2.46. The molecule has 10 nitrogen and oxygen atoms in total. The molecule has 1 aliphatic heterocycles. The van der Waals surface area contributed by atoms with E-state index in [0.717, 1.165) is 0 Å². The molecule has 1 heterocycles. The van der Waals surface area contributed by atoms with Gasteiger partial charge < -0.3 is 50.3 Å². The van der Waals surface area contributed by atoms with Gasteiger partial charge in [0.1, 0.15) is 36.6 Å². The van der Waals surface area contributed by atoms with E-state index in [1.165, 1.54) is 6.08 Å². The summed E-state index contributed by atoms with van der Waals surface area (Å²) in [5.41, 5.74) is 0. The molecule has 0 bridgehead atoms. The fourth-order valence-electron chi connectivity index (χ4n) is 2.49. The molecule has 0 radical (unpaired) electrons. The van der Waals surface area contributed by atoms with Crippen molar-refractivity contribution in [2.75, 3.05) is 19.8 Å². The Hall–Kier alpha value is -0.660. The van der Waals surface area contributed by atoms with Gasteiger partial charge in [-0.05, 0) is 0 Å². The maximum atomic E-state index is 10.2. The van der Waals surface area contributed by atoms with Crippen LogP contribution in [-0.4, -0.2) is 110 Å². The van der Waals surface area contributed by atoms with Gasteiger partial charge in [-0.1, -0.05) is 6.08 Å². The number of hydrogen-bond donors (Lipinski definition) is 8. The molecule has 1 saturated heterocycles. The Balaban J connectivity index is 2.96. The lowest BCUT2D eigenvalue weighted by Gasteiger charge is -2.43. The van der Waals surface area contributed by atoms with Crippen molar-refractivity contribution < 1.29 is 50.3 Å². The molecule has 0 aliphatic carbocycles. The van der Waals surface area contributed by atoms with Crippen LogP contribution in [0.4, 0.5) is 0 Å². The zero-order valence-corrected chi connectivity index (χ0v) is 13.0. The molecule has 0 spiro atoms. The number of aliphatic hydroxyl groups is 8. The summed E-state index contributed by atoms with van der Waals surface area (Å²) in [7, 11) is 0. The summed E-state index contributed by atoms with van der Waals surface area (Å²) in [6.45, 7) is 1.21. The third-order valence-electron chi connectivity index (χ3n) is 3.98. The maximum absolute atomic E-state index is 10.2. The second-order valence-corrected chi connectivity index (χ2v) is 5.61. The molecule has 8 N–H and O–H groups in total. The fourth-order valence-corrected chi connectivity index (χ4v) is 2.49. The van der Waals surface area contributed by atoms with Crippen LogP contribution in [0.5, 0.6) is 0 Å². The van der Waals surface area contributed by atoms with Crippen LogP contribution in [0.1, 0.15) is 0 Å². The van der Waals surface area contributed by atoms with Crippen LogP contribution < -0.4 is 0 Å². The summed E-state index contributed by atoms with van der Waals surface area (Å²) in [6, 6.07) is 0. The van der Waals surface area contributed by atoms with Gasteiger partial charge in [-0.2, -0.15) is 0 Å². The van der Waals surface area contributed by atoms with Gasteiger partial charge in [-0.15, -0.1) is 6.58 Å². The van der Waals surface area contributed by atoms with Crippen molar-refractivity contribution in [1.82, 2.24) is 0 Å². The minimum Gasteiger partial charge on any atom is -0.394 e. The van der Waals surface area contributed by atoms with Gasteiger partial charge in [-0.25, -0.2) is 0 Å². The number of hydrogen-bond acceptors (Lipinski definition) is 10. The third kappa shape index (κ3) is 4.70. The van der Waals surface area contributed by atoms with E-state index >= 15 is 0 Å². The molecule has 1 aliphatic rings. The predicted octanol–water partition coefficient (Wildman–Crippen LogP) is -4.32. The summed E-state index contributed by atoms with van der Waals surface area (Å²) < 4.78 is 10.5. The quantitative estimate of drug-likeness (QED) is 0.189. The molecule has 0 aromatic carbocycles. The van der Waals surface area contributed by atoms with Crippen LogP contribution in [0, 0.1) is 5.92 Å². The van der Waals surface area contributed by atoms with E-state index < -0.39 is 74.8 Å². The summed E-state index contributed by atoms with van der Waals surface area (Å²) in [4.78, 5) is 0. The summed E-state index contributed by atoms with van der Waals surface area (Å²) in [6.07, 6.45) is -10.8. The minimum absolute atomic E-state index is 0.590. The smallest absolute Gasteiger partial charge is 0.185 e. The first-order valence-corrected chi connectivity index (χ1v) is 7.48. The van der Waals surface area contributed by atoms with E-state index in [0.29, 0.717) is 0 Å². The highest BCUT2D eigenvalue weighted by atomic mass is 16.7. The van der Waals surface area contributed by atoms with Crippen molar-refractivity contribution in [1.29, 1.82) is 0 Å². The van der Waals surface area contributed by atoms with Crippen molar-refractivity contribution >= 4 is 0 Å². The van der Waals surface area contributed by atoms with Crippen LogP contribution >= 0.6 is 0 Å². The molecule has 1 rings (SSSR count). The van der Waals surface area contributed by atoms with Crippen LogP contribution in [-0.2, 0) is 9.47 Å². The first-order chi connectivity index (χ1) is 11.3. The monoisotopic (exact) mass is 354 g/mol. The Labute approximate surface area is 138 Å². The second kappa shape index (κ2) is 9.73. The SMILES string of the molecule is C=CC1C(O)C(CO)OC(OC(C(O)CO)C(O)C(O)CO)C1O. The van der Waals surface area contributed by atoms with Crippen molar-refractivity contribution in [3.05, 3.63) is 12.7 Å². The number of rotatable bonds is 9. The lowest BCUT2D eigenvalue weighted by molar-refractivity contribution is -0.315. The van der Waals surface area contributed by atoms with Gasteiger partial charge in [0.25, 0.3) is 0 Å². The van der Waals surface area contributed by atoms with E-state index in [1.54, 1.807) is 0 Å². The van der Waals surface area contributed by atoms with Gasteiger partial charge in [-0.3, -0.25) is 0 Å². The summed E-state index contributed by atoms with van der Waals surface area (Å²) in [5, 5.41) is 76.5. The fraction of sp³-hybridized carbons (Fsp3) is 0.857. The Morgan fingerprint density at radius 2 is 1.58 bits per heavy atom. The topological polar surface area (TPSA) is 180 Å². The number of ether oxygens (including phenoxy) is 2. The van der Waals surface area contributed by atoms with E-state index in [-0.39, 0.29) is 0 Å². The molecule has 9 atom stereocenters. The van der Waals surface area contributed by atoms with Crippen molar-refractivity contribution in [2.24, 2.45) is 5.92 Å². The van der Waals surface area contributed by atoms with E-state index in [9.17, 15) is 30.6 Å². The Morgan fingerprint density at radius 3 is 2.04 bits per heavy atom. The van der Waals surface area contributed by atoms with Gasteiger partial charge in [0.05, 0.1) is 25.9 Å². The first kappa shape index (κ1) is 21.4. The second-order valence-electron chi connectivity index (χ2n) is 5.61. The van der Waals surface area contributed by atoms with Crippen LogP contribution in [0.15, 0.2) is 12.7 Å². The molecule has 0 saturated carbocycles. The van der Waals surface area contributed by atoms with Crippen LogP contribution in [0.2, 0.25) is 0 Å². The lowest BCUT2D eigenvalue weighted by atomic mass is 9.89. The van der Waals surface area contributed by atoms with E-state index in [4.69, 9.17) is 19.7 Å². The molecule has 0 aromatic rings. The van der Waals surface area contributed by atoms with Gasteiger partial charge in [0, 0.05) is 5.92 Å². The normalized spacial score (nSPS) is 35.9. The van der Waals surface area contributed by atoms with E-state index in [1.807, 2.05) is 0 Å². The molecular formula is C14H26O10. The molecule has 0 amide bonds. The zero-order valence-electron chi connectivity index (χ0n) is 13.0. The average Bonchev–Trinajstić information content (AvgIpc) is 2.59. The summed E-state index contributed by atoms with van der Waals surface area (Å²) in [5.74, 6) is -0.923. The third-order valence-corrected chi connectivity index (χ3v) is 3.98.